The maximum atomic E-state index is 11.0. The van der Waals surface area contributed by atoms with Crippen molar-refractivity contribution < 1.29 is 9.90 Å². The molecule has 0 aromatic heterocycles. The minimum Gasteiger partial charge on any atom is -0.478 e. The molecule has 3 nitrogen and oxygen atoms in total. The van der Waals surface area contributed by atoms with E-state index in [9.17, 15) is 4.79 Å². The van der Waals surface area contributed by atoms with Gasteiger partial charge in [-0.05, 0) is 18.1 Å². The van der Waals surface area contributed by atoms with Crippen LogP contribution in [-0.4, -0.2) is 11.1 Å². The average molecular weight is 191 g/mol. The Balaban J connectivity index is 3.35. The fourth-order valence-corrected chi connectivity index (χ4v) is 1.39. The molecule has 0 heterocycles. The summed E-state index contributed by atoms with van der Waals surface area (Å²) >= 11 is 0. The van der Waals surface area contributed by atoms with Crippen molar-refractivity contribution in [1.82, 2.24) is 0 Å². The zero-order chi connectivity index (χ0) is 10.7. The van der Waals surface area contributed by atoms with Crippen LogP contribution < -0.4 is 5.73 Å². The van der Waals surface area contributed by atoms with Gasteiger partial charge in [-0.1, -0.05) is 24.3 Å². The molecule has 14 heavy (non-hydrogen) atoms. The van der Waals surface area contributed by atoms with Gasteiger partial charge in [-0.15, -0.1) is 6.58 Å². The van der Waals surface area contributed by atoms with Crippen molar-refractivity contribution >= 4 is 5.97 Å². The third-order valence-corrected chi connectivity index (χ3v) is 2.13. The third-order valence-electron chi connectivity index (χ3n) is 2.13. The fraction of sp³-hybridized carbons (Fsp3) is 0.182. The molecule has 0 amide bonds. The molecule has 0 aliphatic carbocycles. The summed E-state index contributed by atoms with van der Waals surface area (Å²) in [6.45, 7) is 5.30. The number of aryl methyl sites for hydroxylation is 1. The normalized spacial score (nSPS) is 12.1. The Labute approximate surface area is 82.9 Å². The number of aromatic carboxylic acids is 1. The number of rotatable bonds is 3. The average Bonchev–Trinajstić information content (AvgIpc) is 2.15. The van der Waals surface area contributed by atoms with E-state index in [4.69, 9.17) is 10.8 Å². The van der Waals surface area contributed by atoms with Gasteiger partial charge in [0, 0.05) is 6.04 Å². The van der Waals surface area contributed by atoms with E-state index in [1.54, 1.807) is 25.1 Å². The van der Waals surface area contributed by atoms with E-state index in [-0.39, 0.29) is 5.56 Å². The van der Waals surface area contributed by atoms with Gasteiger partial charge in [0.15, 0.2) is 0 Å². The van der Waals surface area contributed by atoms with Crippen molar-refractivity contribution in [3.05, 3.63) is 47.5 Å². The maximum absolute atomic E-state index is 11.0. The number of carboxylic acids is 1. The molecule has 1 atom stereocenters. The SMILES string of the molecule is C=CC(N)c1cccc(C)c1C(=O)O. The molecule has 3 N–H and O–H groups in total. The summed E-state index contributed by atoms with van der Waals surface area (Å²) in [6.07, 6.45) is 1.53. The first kappa shape index (κ1) is 10.5. The first-order valence-electron chi connectivity index (χ1n) is 4.29. The smallest absolute Gasteiger partial charge is 0.336 e. The molecule has 1 aromatic rings. The standard InChI is InChI=1S/C11H13NO2/c1-3-9(12)8-6-4-5-7(2)10(8)11(13)14/h3-6,9H,1,12H2,2H3,(H,13,14). The lowest BCUT2D eigenvalue weighted by molar-refractivity contribution is 0.0694. The van der Waals surface area contributed by atoms with Crippen LogP contribution in [0.3, 0.4) is 0 Å². The van der Waals surface area contributed by atoms with Gasteiger partial charge in [-0.2, -0.15) is 0 Å². The van der Waals surface area contributed by atoms with Crippen LogP contribution in [0.1, 0.15) is 27.5 Å². The Bertz CT molecular complexity index is 372. The Kier molecular flexibility index (Phi) is 3.04. The van der Waals surface area contributed by atoms with Gasteiger partial charge >= 0.3 is 5.97 Å². The number of nitrogens with two attached hydrogens (primary N) is 1. The van der Waals surface area contributed by atoms with E-state index in [0.717, 1.165) is 0 Å². The van der Waals surface area contributed by atoms with Crippen LogP contribution in [0.15, 0.2) is 30.9 Å². The summed E-state index contributed by atoms with van der Waals surface area (Å²) in [5.74, 6) is -0.949. The van der Waals surface area contributed by atoms with Crippen LogP contribution in [0.5, 0.6) is 0 Å². The van der Waals surface area contributed by atoms with Crippen molar-refractivity contribution in [3.8, 4) is 0 Å². The van der Waals surface area contributed by atoms with E-state index >= 15 is 0 Å². The first-order chi connectivity index (χ1) is 6.57. The second-order valence-corrected chi connectivity index (χ2v) is 3.11. The Morgan fingerprint density at radius 1 is 1.64 bits per heavy atom. The van der Waals surface area contributed by atoms with Gasteiger partial charge in [0.05, 0.1) is 5.56 Å². The van der Waals surface area contributed by atoms with Crippen LogP contribution >= 0.6 is 0 Å². The van der Waals surface area contributed by atoms with E-state index in [1.165, 1.54) is 6.08 Å². The lowest BCUT2D eigenvalue weighted by atomic mass is 9.97. The Morgan fingerprint density at radius 3 is 2.79 bits per heavy atom. The summed E-state index contributed by atoms with van der Waals surface area (Å²) in [4.78, 5) is 11.0. The molecule has 0 radical (unpaired) electrons. The van der Waals surface area contributed by atoms with Crippen molar-refractivity contribution in [3.63, 3.8) is 0 Å². The highest BCUT2D eigenvalue weighted by Gasteiger charge is 2.15. The molecular formula is C11H13NO2. The molecule has 0 saturated heterocycles. The lowest BCUT2D eigenvalue weighted by Crippen LogP contribution is -2.13. The van der Waals surface area contributed by atoms with E-state index in [0.29, 0.717) is 11.1 Å². The number of hydrogen-bond acceptors (Lipinski definition) is 2. The van der Waals surface area contributed by atoms with E-state index in [1.807, 2.05) is 0 Å². The highest BCUT2D eigenvalue weighted by atomic mass is 16.4. The van der Waals surface area contributed by atoms with E-state index < -0.39 is 12.0 Å². The summed E-state index contributed by atoms with van der Waals surface area (Å²) < 4.78 is 0. The third kappa shape index (κ3) is 1.83. The molecule has 0 spiro atoms. The summed E-state index contributed by atoms with van der Waals surface area (Å²) in [5, 5.41) is 9.00. The monoisotopic (exact) mass is 191 g/mol. The zero-order valence-corrected chi connectivity index (χ0v) is 8.03. The number of carboxylic acid groups (broad SMARTS) is 1. The van der Waals surface area contributed by atoms with Crippen LogP contribution in [0, 0.1) is 6.92 Å². The molecule has 3 heteroatoms. The molecule has 0 saturated carbocycles. The topological polar surface area (TPSA) is 63.3 Å². The predicted molar refractivity (Wildman–Crippen MR) is 55.3 cm³/mol. The van der Waals surface area contributed by atoms with Crippen molar-refractivity contribution in [2.45, 2.75) is 13.0 Å². The Hall–Kier alpha value is -1.61. The summed E-state index contributed by atoms with van der Waals surface area (Å²) in [6, 6.07) is 4.83. The van der Waals surface area contributed by atoms with E-state index in [2.05, 4.69) is 6.58 Å². The van der Waals surface area contributed by atoms with Gasteiger partial charge in [-0.25, -0.2) is 4.79 Å². The molecule has 0 aliphatic rings. The van der Waals surface area contributed by atoms with Crippen molar-refractivity contribution in [1.29, 1.82) is 0 Å². The number of carbonyl (C=O) groups is 1. The second kappa shape index (κ2) is 4.07. The van der Waals surface area contributed by atoms with Gasteiger partial charge in [-0.3, -0.25) is 0 Å². The highest BCUT2D eigenvalue weighted by molar-refractivity contribution is 5.91. The van der Waals surface area contributed by atoms with Gasteiger partial charge in [0.2, 0.25) is 0 Å². The minimum absolute atomic E-state index is 0.278. The van der Waals surface area contributed by atoms with Crippen molar-refractivity contribution in [2.75, 3.05) is 0 Å². The molecule has 0 aliphatic heterocycles. The lowest BCUT2D eigenvalue weighted by Gasteiger charge is -2.12. The second-order valence-electron chi connectivity index (χ2n) is 3.11. The van der Waals surface area contributed by atoms with Gasteiger partial charge < -0.3 is 10.8 Å². The molecular weight excluding hydrogens is 178 g/mol. The number of hydrogen-bond donors (Lipinski definition) is 2. The minimum atomic E-state index is -0.949. The van der Waals surface area contributed by atoms with Gasteiger partial charge in [0.1, 0.15) is 0 Å². The predicted octanol–water partition coefficient (Wildman–Crippen LogP) is 1.88. The van der Waals surface area contributed by atoms with Crippen molar-refractivity contribution in [2.24, 2.45) is 5.73 Å². The molecule has 1 aromatic carbocycles. The molecule has 0 bridgehead atoms. The number of benzene rings is 1. The quantitative estimate of drug-likeness (QED) is 0.717. The zero-order valence-electron chi connectivity index (χ0n) is 8.03. The van der Waals surface area contributed by atoms with Crippen LogP contribution in [0.4, 0.5) is 0 Å². The Morgan fingerprint density at radius 2 is 2.29 bits per heavy atom. The first-order valence-corrected chi connectivity index (χ1v) is 4.29. The maximum Gasteiger partial charge on any atom is 0.336 e. The molecule has 1 unspecified atom stereocenters. The summed E-state index contributed by atoms with van der Waals surface area (Å²) in [5.41, 5.74) is 7.32. The molecule has 1 rings (SSSR count). The largest absolute Gasteiger partial charge is 0.478 e. The molecule has 0 fully saturated rings. The summed E-state index contributed by atoms with van der Waals surface area (Å²) in [7, 11) is 0. The highest BCUT2D eigenvalue weighted by Crippen LogP contribution is 2.20. The van der Waals surface area contributed by atoms with Crippen LogP contribution in [-0.2, 0) is 0 Å². The van der Waals surface area contributed by atoms with Crippen LogP contribution in [0.25, 0.3) is 0 Å². The fourth-order valence-electron chi connectivity index (χ4n) is 1.39. The van der Waals surface area contributed by atoms with Crippen LogP contribution in [0.2, 0.25) is 0 Å². The molecule has 74 valence electrons. The van der Waals surface area contributed by atoms with Gasteiger partial charge in [0.25, 0.3) is 0 Å².